The van der Waals surface area contributed by atoms with E-state index in [9.17, 15) is 19.6 Å². The topological polar surface area (TPSA) is 82.7 Å². The fourth-order valence-electron chi connectivity index (χ4n) is 4.92. The number of carbonyl (C=O) groups is 3. The second kappa shape index (κ2) is 6.90. The summed E-state index contributed by atoms with van der Waals surface area (Å²) in [5, 5.41) is 9.34. The molecule has 0 radical (unpaired) electrons. The van der Waals surface area contributed by atoms with Crippen LogP contribution in [-0.2, 0) is 9.59 Å². The van der Waals surface area contributed by atoms with Crippen LogP contribution in [0, 0.1) is 23.2 Å². The smallest absolute Gasteiger partial charge is 0.244 e. The highest BCUT2D eigenvalue weighted by molar-refractivity contribution is 6.24. The Bertz CT molecular complexity index is 1150. The highest BCUT2D eigenvalue weighted by Gasteiger charge is 2.67. The first-order valence-corrected chi connectivity index (χ1v) is 9.80. The first-order valence-electron chi connectivity index (χ1n) is 9.80. The molecule has 1 unspecified atom stereocenters. The number of benzene rings is 2. The van der Waals surface area contributed by atoms with Crippen LogP contribution in [0.3, 0.4) is 0 Å². The molecule has 0 aromatic heterocycles. The Kier molecular flexibility index (Phi) is 4.19. The SMILES string of the molecule is N#CC1=C[C@@H]2[C@H]3C(=O)N(c4ccccc4)C(=O)[C@H]3[C@@H](C(=O)c3ccccc3)[NH+]2C=C1. The van der Waals surface area contributed by atoms with Crippen LogP contribution in [0.2, 0.25) is 0 Å². The van der Waals surface area contributed by atoms with E-state index >= 15 is 0 Å². The van der Waals surface area contributed by atoms with Crippen LogP contribution in [-0.4, -0.2) is 29.7 Å². The minimum Gasteiger partial charge on any atom is -0.293 e. The molecule has 5 atom stereocenters. The van der Waals surface area contributed by atoms with Gasteiger partial charge in [-0.15, -0.1) is 0 Å². The van der Waals surface area contributed by atoms with Crippen molar-refractivity contribution < 1.29 is 19.3 Å². The number of nitrogens with one attached hydrogen (secondary N) is 1. The first kappa shape index (κ1) is 18.2. The molecule has 0 bridgehead atoms. The number of nitrogens with zero attached hydrogens (tertiary/aromatic N) is 2. The molecule has 2 saturated heterocycles. The van der Waals surface area contributed by atoms with Gasteiger partial charge in [-0.25, -0.2) is 4.90 Å². The third kappa shape index (κ3) is 2.56. The third-order valence-corrected chi connectivity index (χ3v) is 6.19. The fraction of sp³-hybridized carbons (Fsp3) is 0.167. The van der Waals surface area contributed by atoms with Crippen molar-refractivity contribution in [3.8, 4) is 6.07 Å². The molecule has 3 aliphatic heterocycles. The third-order valence-electron chi connectivity index (χ3n) is 6.19. The highest BCUT2D eigenvalue weighted by Crippen LogP contribution is 2.39. The van der Waals surface area contributed by atoms with Crippen LogP contribution in [0.4, 0.5) is 5.69 Å². The average Bonchev–Trinajstić information content (AvgIpc) is 3.26. The van der Waals surface area contributed by atoms with Crippen LogP contribution in [0.1, 0.15) is 10.4 Å². The molecule has 1 N–H and O–H groups in total. The lowest BCUT2D eigenvalue weighted by molar-refractivity contribution is -0.871. The van der Waals surface area contributed by atoms with Crippen LogP contribution >= 0.6 is 0 Å². The van der Waals surface area contributed by atoms with Crippen molar-refractivity contribution in [1.29, 1.82) is 5.26 Å². The van der Waals surface area contributed by atoms with E-state index in [1.165, 1.54) is 4.90 Å². The minimum absolute atomic E-state index is 0.169. The summed E-state index contributed by atoms with van der Waals surface area (Å²) in [6.45, 7) is 0. The molecule has 6 heteroatoms. The van der Waals surface area contributed by atoms with Crippen molar-refractivity contribution >= 4 is 23.3 Å². The van der Waals surface area contributed by atoms with Crippen LogP contribution < -0.4 is 9.80 Å². The van der Waals surface area contributed by atoms with Gasteiger partial charge in [-0.05, 0) is 18.2 Å². The summed E-state index contributed by atoms with van der Waals surface area (Å²) in [5.74, 6) is -2.29. The summed E-state index contributed by atoms with van der Waals surface area (Å²) in [4.78, 5) is 42.3. The summed E-state index contributed by atoms with van der Waals surface area (Å²) in [7, 11) is 0. The number of amides is 2. The van der Waals surface area contributed by atoms with E-state index in [4.69, 9.17) is 0 Å². The van der Waals surface area contributed by atoms with Crippen molar-refractivity contribution in [2.75, 3.05) is 4.90 Å². The lowest BCUT2D eigenvalue weighted by Gasteiger charge is -2.27. The molecule has 0 saturated carbocycles. The van der Waals surface area contributed by atoms with Gasteiger partial charge in [0.05, 0.1) is 23.5 Å². The number of allylic oxidation sites excluding steroid dienone is 2. The van der Waals surface area contributed by atoms with E-state index in [1.54, 1.807) is 66.9 Å². The van der Waals surface area contributed by atoms with Gasteiger partial charge in [-0.1, -0.05) is 48.5 Å². The van der Waals surface area contributed by atoms with Gasteiger partial charge in [0.1, 0.15) is 17.9 Å². The Morgan fingerprint density at radius 3 is 2.23 bits per heavy atom. The van der Waals surface area contributed by atoms with E-state index < -0.39 is 23.9 Å². The van der Waals surface area contributed by atoms with Gasteiger partial charge in [0.15, 0.2) is 6.04 Å². The standard InChI is InChI=1S/C24H17N3O3/c25-14-15-11-12-26-18(13-15)19-20(21(26)22(28)16-7-3-1-4-8-16)24(30)27(23(19)29)17-9-5-2-6-10-17/h1-13,18-21H/p+1/t18-,19-,20-,21+/m1/s1. The van der Waals surface area contributed by atoms with Crippen molar-refractivity contribution in [2.45, 2.75) is 12.1 Å². The number of fused-ring (bicyclic) bond motifs is 3. The van der Waals surface area contributed by atoms with Gasteiger partial charge in [0.25, 0.3) is 0 Å². The molecule has 0 aliphatic carbocycles. The zero-order valence-corrected chi connectivity index (χ0v) is 15.9. The Morgan fingerprint density at radius 1 is 0.933 bits per heavy atom. The minimum atomic E-state index is -0.774. The molecule has 3 aliphatic rings. The van der Waals surface area contributed by atoms with Crippen molar-refractivity contribution in [3.05, 3.63) is 90.2 Å². The molecular weight excluding hydrogens is 378 g/mol. The van der Waals surface area contributed by atoms with Crippen LogP contribution in [0.25, 0.3) is 0 Å². The quantitative estimate of drug-likeness (QED) is 0.626. The molecule has 0 spiro atoms. The van der Waals surface area contributed by atoms with Crippen molar-refractivity contribution in [2.24, 2.45) is 11.8 Å². The Labute approximate surface area is 173 Å². The fourth-order valence-corrected chi connectivity index (χ4v) is 4.92. The van der Waals surface area contributed by atoms with E-state index in [2.05, 4.69) is 6.07 Å². The number of ketones is 1. The highest BCUT2D eigenvalue weighted by atomic mass is 16.2. The van der Waals surface area contributed by atoms with Crippen molar-refractivity contribution in [3.63, 3.8) is 0 Å². The maximum Gasteiger partial charge on any atom is 0.244 e. The largest absolute Gasteiger partial charge is 0.293 e. The second-order valence-electron chi connectivity index (χ2n) is 7.70. The Hall–Kier alpha value is -3.82. The number of rotatable bonds is 3. The summed E-state index contributed by atoms with van der Waals surface area (Å²) in [6, 6.07) is 18.6. The molecule has 5 rings (SSSR count). The first-order chi connectivity index (χ1) is 14.6. The zero-order valence-electron chi connectivity index (χ0n) is 15.9. The molecule has 3 heterocycles. The molecule has 30 heavy (non-hydrogen) atoms. The normalized spacial score (nSPS) is 29.2. The molecule has 2 aromatic carbocycles. The summed E-state index contributed by atoms with van der Waals surface area (Å²) >= 11 is 0. The number of Topliss-reactive ketones (excluding diaryl/α,β-unsaturated/α-hetero) is 1. The van der Waals surface area contributed by atoms with Gasteiger partial charge < -0.3 is 0 Å². The average molecular weight is 396 g/mol. The summed E-state index contributed by atoms with van der Waals surface area (Å²) < 4.78 is 0. The van der Waals surface area contributed by atoms with Gasteiger partial charge in [0.2, 0.25) is 17.6 Å². The Morgan fingerprint density at radius 2 is 1.57 bits per heavy atom. The van der Waals surface area contributed by atoms with E-state index in [0.717, 1.165) is 4.90 Å². The van der Waals surface area contributed by atoms with E-state index in [-0.39, 0.29) is 17.6 Å². The molecule has 6 nitrogen and oxygen atoms in total. The number of hydrogen-bond donors (Lipinski definition) is 1. The van der Waals surface area contributed by atoms with Gasteiger partial charge >= 0.3 is 0 Å². The van der Waals surface area contributed by atoms with E-state index in [1.807, 2.05) is 12.1 Å². The van der Waals surface area contributed by atoms with Crippen LogP contribution in [0.5, 0.6) is 0 Å². The molecule has 2 amide bonds. The molecule has 146 valence electrons. The number of carbonyl (C=O) groups excluding carboxylic acids is 3. The number of nitriles is 1. The second-order valence-corrected chi connectivity index (χ2v) is 7.70. The zero-order chi connectivity index (χ0) is 20.8. The lowest BCUT2D eigenvalue weighted by Crippen LogP contribution is -3.15. The monoisotopic (exact) mass is 396 g/mol. The summed E-state index contributed by atoms with van der Waals surface area (Å²) in [5.41, 5.74) is 1.45. The maximum atomic E-state index is 13.5. The van der Waals surface area contributed by atoms with Crippen LogP contribution in [0.15, 0.2) is 84.6 Å². The Balaban J connectivity index is 1.62. The number of hydrogen-bond acceptors (Lipinski definition) is 4. The number of imide groups is 1. The molecule has 2 aromatic rings. The maximum absolute atomic E-state index is 13.5. The lowest BCUT2D eigenvalue weighted by atomic mass is 9.86. The summed E-state index contributed by atoms with van der Waals surface area (Å²) in [6.07, 6.45) is 5.13. The number of anilines is 1. The molecule has 2 fully saturated rings. The number of para-hydroxylation sites is 1. The van der Waals surface area contributed by atoms with Gasteiger partial charge in [0, 0.05) is 11.6 Å². The van der Waals surface area contributed by atoms with Gasteiger partial charge in [-0.3, -0.25) is 19.3 Å². The predicted octanol–water partition coefficient (Wildman–Crippen LogP) is 1.29. The van der Waals surface area contributed by atoms with Crippen molar-refractivity contribution in [1.82, 2.24) is 0 Å². The molecular formula is C24H18N3O3+. The number of quaternary nitrogens is 1. The van der Waals surface area contributed by atoms with E-state index in [0.29, 0.717) is 16.8 Å². The van der Waals surface area contributed by atoms with Gasteiger partial charge in [-0.2, -0.15) is 5.26 Å². The predicted molar refractivity (Wildman–Crippen MR) is 108 cm³/mol.